The second-order valence-electron chi connectivity index (χ2n) is 9.25. The molecule has 0 radical (unpaired) electrons. The zero-order valence-corrected chi connectivity index (χ0v) is 20.3. The topological polar surface area (TPSA) is 57.7 Å². The van der Waals surface area contributed by atoms with Crippen LogP contribution in [0, 0.1) is 6.92 Å². The van der Waals surface area contributed by atoms with Crippen molar-refractivity contribution in [2.45, 2.75) is 44.8 Å². The molecule has 0 bridgehead atoms. The lowest BCUT2D eigenvalue weighted by molar-refractivity contribution is 0.0408. The zero-order chi connectivity index (χ0) is 22.9. The molecule has 1 saturated heterocycles. The number of piperidine rings is 1. The maximum Gasteiger partial charge on any atom is 0.128 e. The Morgan fingerprint density at radius 3 is 2.91 bits per heavy atom. The molecule has 2 aromatic carbocycles. The number of β-amino-alcohol motifs (C(OH)–C–C–N with tert-alkyl or cyclic N) is 1. The molecule has 5 rings (SSSR count). The van der Waals surface area contributed by atoms with Crippen molar-refractivity contribution in [3.05, 3.63) is 59.1 Å². The van der Waals surface area contributed by atoms with Crippen molar-refractivity contribution in [3.63, 3.8) is 0 Å². The average molecular weight is 465 g/mol. The molecule has 6 heteroatoms. The molecule has 2 aromatic heterocycles. The Morgan fingerprint density at radius 1 is 1.21 bits per heavy atom. The first-order valence-corrected chi connectivity index (χ1v) is 12.5. The number of benzene rings is 2. The number of aromatic nitrogens is 1. The van der Waals surface area contributed by atoms with Gasteiger partial charge in [0.25, 0.3) is 0 Å². The van der Waals surface area contributed by atoms with Gasteiger partial charge in [-0.2, -0.15) is 0 Å². The summed E-state index contributed by atoms with van der Waals surface area (Å²) in [5.74, 6) is 2.31. The van der Waals surface area contributed by atoms with E-state index in [9.17, 15) is 5.11 Å². The molecule has 2 N–H and O–H groups in total. The smallest absolute Gasteiger partial charge is 0.128 e. The van der Waals surface area contributed by atoms with E-state index in [1.54, 1.807) is 7.11 Å². The number of aliphatic hydroxyl groups is 1. The predicted octanol–water partition coefficient (Wildman–Crippen LogP) is 5.71. The molecule has 1 fully saturated rings. The van der Waals surface area contributed by atoms with Crippen molar-refractivity contribution in [2.24, 2.45) is 0 Å². The molecule has 4 aromatic rings. The van der Waals surface area contributed by atoms with Crippen LogP contribution in [0.5, 0.6) is 11.5 Å². The van der Waals surface area contributed by atoms with E-state index in [0.29, 0.717) is 25.1 Å². The molecular formula is C27H32N2O3S. The highest BCUT2D eigenvalue weighted by atomic mass is 32.1. The molecule has 1 aliphatic rings. The molecule has 0 spiro atoms. The number of aryl methyl sites for hydroxylation is 1. The van der Waals surface area contributed by atoms with Crippen molar-refractivity contribution < 1.29 is 14.6 Å². The maximum absolute atomic E-state index is 10.7. The first-order valence-electron chi connectivity index (χ1n) is 11.7. The van der Waals surface area contributed by atoms with Crippen LogP contribution in [0.15, 0.2) is 48.5 Å². The Morgan fingerprint density at radius 2 is 2.09 bits per heavy atom. The monoisotopic (exact) mass is 464 g/mol. The number of aliphatic hydroxyl groups excluding tert-OH is 1. The van der Waals surface area contributed by atoms with Crippen molar-refractivity contribution in [1.82, 2.24) is 9.88 Å². The fourth-order valence-corrected chi connectivity index (χ4v) is 6.25. The summed E-state index contributed by atoms with van der Waals surface area (Å²) in [7, 11) is 1.72. The van der Waals surface area contributed by atoms with Crippen molar-refractivity contribution >= 4 is 32.3 Å². The van der Waals surface area contributed by atoms with E-state index >= 15 is 0 Å². The van der Waals surface area contributed by atoms with Gasteiger partial charge in [-0.1, -0.05) is 6.07 Å². The van der Waals surface area contributed by atoms with E-state index < -0.39 is 6.10 Å². The Labute approximate surface area is 198 Å². The van der Waals surface area contributed by atoms with Crippen molar-refractivity contribution in [3.8, 4) is 11.5 Å². The van der Waals surface area contributed by atoms with E-state index in [2.05, 4.69) is 41.1 Å². The minimum absolute atomic E-state index is 0.300. The number of ether oxygens (including phenoxy) is 2. The fraction of sp³-hybridized carbons (Fsp3) is 0.407. The van der Waals surface area contributed by atoms with Crippen LogP contribution in [0.25, 0.3) is 21.0 Å². The second-order valence-corrected chi connectivity index (χ2v) is 10.4. The lowest BCUT2D eigenvalue weighted by Gasteiger charge is -2.38. The highest BCUT2D eigenvalue weighted by Crippen LogP contribution is 2.39. The summed E-state index contributed by atoms with van der Waals surface area (Å²) in [4.78, 5) is 7.20. The normalized spacial score (nSPS) is 20.4. The third kappa shape index (κ3) is 4.74. The van der Waals surface area contributed by atoms with Crippen LogP contribution in [0.4, 0.5) is 0 Å². The molecule has 3 heterocycles. The van der Waals surface area contributed by atoms with Gasteiger partial charge in [-0.3, -0.25) is 4.90 Å². The van der Waals surface area contributed by atoms with Gasteiger partial charge in [-0.25, -0.2) is 0 Å². The summed E-state index contributed by atoms with van der Waals surface area (Å²) in [6, 6.07) is 17.2. The summed E-state index contributed by atoms with van der Waals surface area (Å²) in [5, 5.41) is 13.1. The number of nitrogens with one attached hydrogen (secondary N) is 1. The Balaban J connectivity index is 1.17. The summed E-state index contributed by atoms with van der Waals surface area (Å²) in [6.45, 7) is 6.25. The van der Waals surface area contributed by atoms with Crippen LogP contribution in [-0.2, 0) is 0 Å². The van der Waals surface area contributed by atoms with E-state index in [0.717, 1.165) is 47.5 Å². The van der Waals surface area contributed by atoms with Gasteiger partial charge in [0.15, 0.2) is 0 Å². The van der Waals surface area contributed by atoms with Crippen molar-refractivity contribution in [1.29, 1.82) is 0 Å². The lowest BCUT2D eigenvalue weighted by atomic mass is 9.90. The quantitative estimate of drug-likeness (QED) is 0.368. The average Bonchev–Trinajstić information content (AvgIpc) is 3.41. The predicted molar refractivity (Wildman–Crippen MR) is 136 cm³/mol. The van der Waals surface area contributed by atoms with Gasteiger partial charge in [0, 0.05) is 38.8 Å². The molecule has 0 unspecified atom stereocenters. The first kappa shape index (κ1) is 22.3. The summed E-state index contributed by atoms with van der Waals surface area (Å²) >= 11 is 1.89. The van der Waals surface area contributed by atoms with Gasteiger partial charge in [0.1, 0.15) is 24.2 Å². The Bertz CT molecular complexity index is 1250. The number of hydrogen-bond donors (Lipinski definition) is 2. The fourth-order valence-electron chi connectivity index (χ4n) is 5.01. The van der Waals surface area contributed by atoms with Crippen LogP contribution in [-0.4, -0.2) is 53.9 Å². The van der Waals surface area contributed by atoms with Gasteiger partial charge in [0.2, 0.25) is 0 Å². The van der Waals surface area contributed by atoms with E-state index in [-0.39, 0.29) is 0 Å². The molecule has 5 nitrogen and oxygen atoms in total. The summed E-state index contributed by atoms with van der Waals surface area (Å²) in [5.41, 5.74) is 2.17. The molecule has 0 amide bonds. The van der Waals surface area contributed by atoms with Gasteiger partial charge in [0.05, 0.1) is 7.11 Å². The van der Waals surface area contributed by atoms with Crippen LogP contribution in [0.3, 0.4) is 0 Å². The zero-order valence-electron chi connectivity index (χ0n) is 19.5. The second kappa shape index (κ2) is 9.37. The molecule has 1 aliphatic heterocycles. The van der Waals surface area contributed by atoms with Gasteiger partial charge >= 0.3 is 0 Å². The number of methoxy groups -OCH3 is 1. The number of likely N-dealkylation sites (tertiary alicyclic amines) is 1. The SMILES string of the molecule is COc1ccc2cc([C@H]3CCN(C[C@H](O)COc4cccc5[nH]c(C)cc45)[C@H](C)C3)sc2c1. The number of H-pyrrole nitrogens is 1. The van der Waals surface area contributed by atoms with Gasteiger partial charge < -0.3 is 19.6 Å². The summed E-state index contributed by atoms with van der Waals surface area (Å²) < 4.78 is 12.7. The number of fused-ring (bicyclic) bond motifs is 2. The molecule has 174 valence electrons. The molecule has 33 heavy (non-hydrogen) atoms. The van der Waals surface area contributed by atoms with E-state index in [4.69, 9.17) is 9.47 Å². The molecule has 3 atom stereocenters. The number of thiophene rings is 1. The van der Waals surface area contributed by atoms with Crippen LogP contribution in [0.2, 0.25) is 0 Å². The highest BCUT2D eigenvalue weighted by molar-refractivity contribution is 7.19. The number of hydrogen-bond acceptors (Lipinski definition) is 5. The minimum atomic E-state index is -0.518. The van der Waals surface area contributed by atoms with Crippen LogP contribution < -0.4 is 9.47 Å². The van der Waals surface area contributed by atoms with Gasteiger partial charge in [-0.15, -0.1) is 11.3 Å². The standard InChI is InChI=1S/C27H32N2O3S/c1-17-11-23-24(28-17)5-4-6-25(23)32-16-21(30)15-29-10-9-20(12-18(29)2)26-13-19-7-8-22(31-3)14-27(19)33-26/h4-8,11,13-14,18,20-21,28,30H,9-10,12,15-16H2,1-3H3/t18-,20+,21+/m1/s1. The third-order valence-corrected chi connectivity index (χ3v) is 8.06. The largest absolute Gasteiger partial charge is 0.497 e. The van der Waals surface area contributed by atoms with Crippen LogP contribution >= 0.6 is 11.3 Å². The Kier molecular flexibility index (Phi) is 6.32. The lowest BCUT2D eigenvalue weighted by Crippen LogP contribution is -2.45. The number of aromatic amines is 1. The summed E-state index contributed by atoms with van der Waals surface area (Å²) in [6.07, 6.45) is 1.71. The van der Waals surface area contributed by atoms with Crippen molar-refractivity contribution in [2.75, 3.05) is 26.8 Å². The van der Waals surface area contributed by atoms with E-state index in [1.165, 1.54) is 15.0 Å². The maximum atomic E-state index is 10.7. The third-order valence-electron chi connectivity index (χ3n) is 6.80. The minimum Gasteiger partial charge on any atom is -0.497 e. The van der Waals surface area contributed by atoms with E-state index in [1.807, 2.05) is 42.5 Å². The van der Waals surface area contributed by atoms with Gasteiger partial charge in [-0.05, 0) is 87.0 Å². The first-order chi connectivity index (χ1) is 16.0. The molecular weight excluding hydrogens is 432 g/mol. The number of nitrogens with zero attached hydrogens (tertiary/aromatic N) is 1. The highest BCUT2D eigenvalue weighted by Gasteiger charge is 2.29. The number of rotatable bonds is 7. The Hall–Kier alpha value is -2.54. The molecule has 0 saturated carbocycles. The molecule has 0 aliphatic carbocycles. The van der Waals surface area contributed by atoms with Crippen LogP contribution in [0.1, 0.15) is 36.3 Å².